The molecular weight excluding hydrogens is 285 g/mol. The van der Waals surface area contributed by atoms with E-state index in [0.717, 1.165) is 0 Å². The molecule has 0 unspecified atom stereocenters. The number of rotatable bonds is 2. The second-order valence-corrected chi connectivity index (χ2v) is 4.69. The lowest BCUT2D eigenvalue weighted by Gasteiger charge is -2.05. The number of benzene rings is 2. The zero-order valence-electron chi connectivity index (χ0n) is 11.4. The molecule has 0 aliphatic carbocycles. The summed E-state index contributed by atoms with van der Waals surface area (Å²) in [5, 5.41) is 0.583. The van der Waals surface area contributed by atoms with Crippen LogP contribution in [0.25, 0.3) is 10.9 Å². The summed E-state index contributed by atoms with van der Waals surface area (Å²) >= 11 is 0. The minimum Gasteiger partial charge on any atom is -0.350 e. The first-order valence-corrected chi connectivity index (χ1v) is 6.57. The normalized spacial score (nSPS) is 10.4. The van der Waals surface area contributed by atoms with E-state index in [2.05, 4.69) is 15.8 Å². The van der Waals surface area contributed by atoms with Crippen molar-refractivity contribution in [1.82, 2.24) is 15.8 Å². The summed E-state index contributed by atoms with van der Waals surface area (Å²) < 4.78 is 13.1. The van der Waals surface area contributed by atoms with Gasteiger partial charge in [0.2, 0.25) is 0 Å². The number of halogens is 1. The van der Waals surface area contributed by atoms with Crippen LogP contribution in [0.15, 0.2) is 54.6 Å². The predicted octanol–water partition coefficient (Wildman–Crippen LogP) is 2.38. The van der Waals surface area contributed by atoms with Crippen molar-refractivity contribution in [2.45, 2.75) is 0 Å². The van der Waals surface area contributed by atoms with Gasteiger partial charge in [0.25, 0.3) is 11.8 Å². The van der Waals surface area contributed by atoms with E-state index < -0.39 is 11.8 Å². The number of aromatic amines is 1. The topological polar surface area (TPSA) is 74.0 Å². The highest BCUT2D eigenvalue weighted by Gasteiger charge is 2.11. The summed E-state index contributed by atoms with van der Waals surface area (Å²) in [7, 11) is 0. The number of H-pyrrole nitrogens is 1. The zero-order chi connectivity index (χ0) is 15.5. The lowest BCUT2D eigenvalue weighted by atomic mass is 10.2. The molecule has 110 valence electrons. The molecule has 3 rings (SSSR count). The minimum absolute atomic E-state index is 0.231. The van der Waals surface area contributed by atoms with Gasteiger partial charge in [-0.15, -0.1) is 0 Å². The van der Waals surface area contributed by atoms with Gasteiger partial charge >= 0.3 is 0 Å². The molecule has 3 aromatic rings. The van der Waals surface area contributed by atoms with Crippen molar-refractivity contribution in [3.05, 3.63) is 71.7 Å². The van der Waals surface area contributed by atoms with Crippen molar-refractivity contribution in [3.8, 4) is 0 Å². The Morgan fingerprint density at radius 3 is 2.41 bits per heavy atom. The lowest BCUT2D eigenvalue weighted by molar-refractivity contribution is 0.0844. The average molecular weight is 297 g/mol. The lowest BCUT2D eigenvalue weighted by Crippen LogP contribution is -2.41. The second-order valence-electron chi connectivity index (χ2n) is 4.69. The fourth-order valence-electron chi connectivity index (χ4n) is 2.07. The summed E-state index contributed by atoms with van der Waals surface area (Å²) in [5.41, 5.74) is 5.93. The van der Waals surface area contributed by atoms with Gasteiger partial charge in [-0.3, -0.25) is 20.4 Å². The number of amides is 2. The van der Waals surface area contributed by atoms with Crippen LogP contribution < -0.4 is 10.9 Å². The smallest absolute Gasteiger partial charge is 0.286 e. The molecule has 22 heavy (non-hydrogen) atoms. The molecule has 6 heteroatoms. The number of fused-ring (bicyclic) bond motifs is 1. The van der Waals surface area contributed by atoms with Crippen LogP contribution >= 0.6 is 0 Å². The maximum atomic E-state index is 13.1. The third-order valence-corrected chi connectivity index (χ3v) is 3.15. The van der Waals surface area contributed by atoms with Gasteiger partial charge in [0, 0.05) is 16.5 Å². The molecule has 2 amide bonds. The third-order valence-electron chi connectivity index (χ3n) is 3.15. The van der Waals surface area contributed by atoms with E-state index in [1.54, 1.807) is 36.4 Å². The zero-order valence-corrected chi connectivity index (χ0v) is 11.4. The molecular formula is C16H12FN3O2. The molecule has 0 fully saturated rings. The first-order valence-electron chi connectivity index (χ1n) is 6.57. The fraction of sp³-hybridized carbons (Fsp3) is 0. The number of hydrazine groups is 1. The molecule has 0 bridgehead atoms. The summed E-state index contributed by atoms with van der Waals surface area (Å²) in [5.74, 6) is -1.31. The van der Waals surface area contributed by atoms with Crippen LogP contribution in [0.3, 0.4) is 0 Å². The van der Waals surface area contributed by atoms with Crippen LogP contribution in [0.5, 0.6) is 0 Å². The Kier molecular flexibility index (Phi) is 3.57. The second kappa shape index (κ2) is 5.69. The predicted molar refractivity (Wildman–Crippen MR) is 79.6 cm³/mol. The van der Waals surface area contributed by atoms with E-state index in [9.17, 15) is 14.0 Å². The summed E-state index contributed by atoms with van der Waals surface area (Å²) in [6.07, 6.45) is 0. The molecule has 0 saturated heterocycles. The first-order chi connectivity index (χ1) is 10.6. The van der Waals surface area contributed by atoms with Gasteiger partial charge in [-0.05, 0) is 36.4 Å². The highest BCUT2D eigenvalue weighted by Crippen LogP contribution is 2.16. The Balaban J connectivity index is 1.69. The van der Waals surface area contributed by atoms with Crippen LogP contribution in [0.4, 0.5) is 4.39 Å². The average Bonchev–Trinajstić information content (AvgIpc) is 2.96. The molecule has 0 radical (unpaired) electrons. The fourth-order valence-corrected chi connectivity index (χ4v) is 2.07. The minimum atomic E-state index is -0.513. The first kappa shape index (κ1) is 13.8. The number of hydrogen-bond acceptors (Lipinski definition) is 2. The summed E-state index contributed by atoms with van der Waals surface area (Å²) in [4.78, 5) is 26.7. The standard InChI is InChI=1S/C16H12FN3O2/c17-12-6-7-13-11(8-12)9-14(18-13)16(22)20-19-15(21)10-4-2-1-3-5-10/h1-9,18H,(H,19,21)(H,20,22). The molecule has 5 nitrogen and oxygen atoms in total. The van der Waals surface area contributed by atoms with Gasteiger partial charge in [-0.2, -0.15) is 0 Å². The van der Waals surface area contributed by atoms with Gasteiger partial charge < -0.3 is 4.98 Å². The van der Waals surface area contributed by atoms with E-state index in [1.165, 1.54) is 18.2 Å². The van der Waals surface area contributed by atoms with Gasteiger partial charge in [0.1, 0.15) is 11.5 Å². The molecule has 0 aliphatic rings. The van der Waals surface area contributed by atoms with Crippen LogP contribution in [-0.4, -0.2) is 16.8 Å². The summed E-state index contributed by atoms with van der Waals surface area (Å²) in [6.45, 7) is 0. The van der Waals surface area contributed by atoms with Crippen LogP contribution in [0, 0.1) is 5.82 Å². The summed E-state index contributed by atoms with van der Waals surface area (Å²) in [6, 6.07) is 14.2. The molecule has 1 heterocycles. The van der Waals surface area contributed by atoms with Crippen molar-refractivity contribution < 1.29 is 14.0 Å². The Morgan fingerprint density at radius 1 is 0.909 bits per heavy atom. The molecule has 2 aromatic carbocycles. The molecule has 1 aromatic heterocycles. The van der Waals surface area contributed by atoms with E-state index in [1.807, 2.05) is 0 Å². The molecule has 0 saturated carbocycles. The Labute approximate surface area is 125 Å². The number of hydrogen-bond donors (Lipinski definition) is 3. The SMILES string of the molecule is O=C(NNC(=O)c1cc2cc(F)ccc2[nH]1)c1ccccc1. The molecule has 0 aliphatic heterocycles. The molecule has 3 N–H and O–H groups in total. The van der Waals surface area contributed by atoms with E-state index in [4.69, 9.17) is 0 Å². The van der Waals surface area contributed by atoms with E-state index in [0.29, 0.717) is 16.5 Å². The number of aromatic nitrogens is 1. The van der Waals surface area contributed by atoms with Gasteiger partial charge in [0.05, 0.1) is 0 Å². The number of carbonyl (C=O) groups excluding carboxylic acids is 2. The van der Waals surface area contributed by atoms with Crippen LogP contribution in [-0.2, 0) is 0 Å². The van der Waals surface area contributed by atoms with Gasteiger partial charge in [-0.1, -0.05) is 18.2 Å². The van der Waals surface area contributed by atoms with Crippen molar-refractivity contribution in [2.24, 2.45) is 0 Å². The third kappa shape index (κ3) is 2.80. The number of carbonyl (C=O) groups is 2. The Hall–Kier alpha value is -3.15. The largest absolute Gasteiger partial charge is 0.350 e. The number of nitrogens with one attached hydrogen (secondary N) is 3. The van der Waals surface area contributed by atoms with Crippen molar-refractivity contribution in [1.29, 1.82) is 0 Å². The van der Waals surface area contributed by atoms with Crippen LogP contribution in [0.2, 0.25) is 0 Å². The molecule has 0 spiro atoms. The Bertz CT molecular complexity index is 843. The highest BCUT2D eigenvalue weighted by atomic mass is 19.1. The maximum absolute atomic E-state index is 13.1. The monoisotopic (exact) mass is 297 g/mol. The van der Waals surface area contributed by atoms with Crippen molar-refractivity contribution in [3.63, 3.8) is 0 Å². The van der Waals surface area contributed by atoms with E-state index >= 15 is 0 Å². The van der Waals surface area contributed by atoms with Crippen molar-refractivity contribution in [2.75, 3.05) is 0 Å². The van der Waals surface area contributed by atoms with Gasteiger partial charge in [-0.25, -0.2) is 4.39 Å². The quantitative estimate of drug-likeness (QED) is 0.635. The molecule has 0 atom stereocenters. The van der Waals surface area contributed by atoms with E-state index in [-0.39, 0.29) is 11.5 Å². The maximum Gasteiger partial charge on any atom is 0.286 e. The Morgan fingerprint density at radius 2 is 1.64 bits per heavy atom. The highest BCUT2D eigenvalue weighted by molar-refractivity contribution is 6.00. The van der Waals surface area contributed by atoms with Crippen LogP contribution in [0.1, 0.15) is 20.8 Å². The van der Waals surface area contributed by atoms with Crippen molar-refractivity contribution >= 4 is 22.7 Å². The van der Waals surface area contributed by atoms with Gasteiger partial charge in [0.15, 0.2) is 0 Å².